The van der Waals surface area contributed by atoms with E-state index in [9.17, 15) is 9.90 Å². The van der Waals surface area contributed by atoms with Crippen molar-refractivity contribution in [1.29, 1.82) is 0 Å². The first-order valence-corrected chi connectivity index (χ1v) is 6.43. The summed E-state index contributed by atoms with van der Waals surface area (Å²) in [6.07, 6.45) is 1.05. The van der Waals surface area contributed by atoms with Gasteiger partial charge in [-0.1, -0.05) is 50.6 Å². The standard InChI is InChI=1S/C15H23NO2/c1-5-12(2)11-16(4)15(3,14(17)18)13-9-7-6-8-10-13/h6-10,12H,5,11H2,1-4H3,(H,17,18). The molecule has 3 nitrogen and oxygen atoms in total. The number of carbonyl (C=O) groups is 1. The van der Waals surface area contributed by atoms with Crippen molar-refractivity contribution in [2.24, 2.45) is 5.92 Å². The highest BCUT2D eigenvalue weighted by molar-refractivity contribution is 5.80. The zero-order valence-electron chi connectivity index (χ0n) is 11.7. The van der Waals surface area contributed by atoms with Gasteiger partial charge in [0.05, 0.1) is 0 Å². The van der Waals surface area contributed by atoms with Crippen LogP contribution in [0.5, 0.6) is 0 Å². The summed E-state index contributed by atoms with van der Waals surface area (Å²) in [7, 11) is 1.88. The molecule has 0 aromatic heterocycles. The monoisotopic (exact) mass is 249 g/mol. The molecule has 0 fully saturated rings. The Hall–Kier alpha value is -1.35. The number of hydrogen-bond acceptors (Lipinski definition) is 2. The summed E-state index contributed by atoms with van der Waals surface area (Å²) in [6, 6.07) is 9.42. The fourth-order valence-corrected chi connectivity index (χ4v) is 2.05. The summed E-state index contributed by atoms with van der Waals surface area (Å²) in [4.78, 5) is 13.6. The predicted molar refractivity (Wildman–Crippen MR) is 73.5 cm³/mol. The number of likely N-dealkylation sites (N-methyl/N-ethyl adjacent to an activating group) is 1. The van der Waals surface area contributed by atoms with Crippen molar-refractivity contribution in [2.75, 3.05) is 13.6 Å². The molecule has 1 N–H and O–H groups in total. The third-order valence-electron chi connectivity index (χ3n) is 3.80. The van der Waals surface area contributed by atoms with E-state index in [4.69, 9.17) is 0 Å². The van der Waals surface area contributed by atoms with E-state index in [-0.39, 0.29) is 0 Å². The van der Waals surface area contributed by atoms with E-state index in [1.54, 1.807) is 6.92 Å². The molecule has 0 aliphatic carbocycles. The second kappa shape index (κ2) is 6.01. The molecule has 0 radical (unpaired) electrons. The average molecular weight is 249 g/mol. The molecule has 0 saturated carbocycles. The SMILES string of the molecule is CCC(C)CN(C)C(C)(C(=O)O)c1ccccc1. The number of rotatable bonds is 6. The second-order valence-corrected chi connectivity index (χ2v) is 5.14. The Morgan fingerprint density at radius 1 is 1.39 bits per heavy atom. The van der Waals surface area contributed by atoms with Crippen LogP contribution in [-0.4, -0.2) is 29.6 Å². The van der Waals surface area contributed by atoms with E-state index in [0.717, 1.165) is 18.5 Å². The molecule has 0 aliphatic heterocycles. The Morgan fingerprint density at radius 2 is 1.94 bits per heavy atom. The first-order valence-electron chi connectivity index (χ1n) is 6.43. The number of benzene rings is 1. The van der Waals surface area contributed by atoms with Gasteiger partial charge in [-0.15, -0.1) is 0 Å². The zero-order chi connectivity index (χ0) is 13.8. The summed E-state index contributed by atoms with van der Waals surface area (Å²) in [5, 5.41) is 9.60. The zero-order valence-corrected chi connectivity index (χ0v) is 11.7. The summed E-state index contributed by atoms with van der Waals surface area (Å²) in [5.41, 5.74) is -0.145. The highest BCUT2D eigenvalue weighted by atomic mass is 16.4. The van der Waals surface area contributed by atoms with Crippen LogP contribution in [0.3, 0.4) is 0 Å². The molecule has 18 heavy (non-hydrogen) atoms. The van der Waals surface area contributed by atoms with Crippen LogP contribution >= 0.6 is 0 Å². The molecular formula is C15H23NO2. The molecule has 2 atom stereocenters. The van der Waals surface area contributed by atoms with Gasteiger partial charge in [-0.25, -0.2) is 4.79 Å². The van der Waals surface area contributed by atoms with Gasteiger partial charge in [0, 0.05) is 6.54 Å². The van der Waals surface area contributed by atoms with Crippen LogP contribution in [0.1, 0.15) is 32.8 Å². The first kappa shape index (κ1) is 14.7. The number of carboxylic acid groups (broad SMARTS) is 1. The van der Waals surface area contributed by atoms with Gasteiger partial charge >= 0.3 is 5.97 Å². The van der Waals surface area contributed by atoms with Crippen molar-refractivity contribution in [3.63, 3.8) is 0 Å². The maximum absolute atomic E-state index is 11.7. The third kappa shape index (κ3) is 2.91. The molecule has 0 aliphatic rings. The van der Waals surface area contributed by atoms with Crippen LogP contribution in [-0.2, 0) is 10.3 Å². The van der Waals surface area contributed by atoms with E-state index in [2.05, 4.69) is 13.8 Å². The lowest BCUT2D eigenvalue weighted by Crippen LogP contribution is -2.49. The number of aliphatic carboxylic acids is 1. The Morgan fingerprint density at radius 3 is 2.39 bits per heavy atom. The summed E-state index contributed by atoms with van der Waals surface area (Å²) >= 11 is 0. The highest BCUT2D eigenvalue weighted by Crippen LogP contribution is 2.28. The largest absolute Gasteiger partial charge is 0.480 e. The van der Waals surface area contributed by atoms with Crippen LogP contribution in [0.15, 0.2) is 30.3 Å². The summed E-state index contributed by atoms with van der Waals surface area (Å²) < 4.78 is 0. The molecule has 0 spiro atoms. The van der Waals surface area contributed by atoms with E-state index in [1.807, 2.05) is 42.3 Å². The van der Waals surface area contributed by atoms with E-state index in [1.165, 1.54) is 0 Å². The van der Waals surface area contributed by atoms with Crippen molar-refractivity contribution < 1.29 is 9.90 Å². The summed E-state index contributed by atoms with van der Waals surface area (Å²) in [6.45, 7) is 6.81. The fourth-order valence-electron chi connectivity index (χ4n) is 2.05. The molecule has 1 rings (SSSR count). The maximum atomic E-state index is 11.7. The topological polar surface area (TPSA) is 40.5 Å². The molecule has 0 amide bonds. The third-order valence-corrected chi connectivity index (χ3v) is 3.80. The van der Waals surface area contributed by atoms with Crippen molar-refractivity contribution in [1.82, 2.24) is 4.90 Å². The van der Waals surface area contributed by atoms with Gasteiger partial charge in [0.1, 0.15) is 5.54 Å². The Labute approximate surface area is 109 Å². The number of nitrogens with zero attached hydrogens (tertiary/aromatic N) is 1. The van der Waals surface area contributed by atoms with Gasteiger partial charge in [0.2, 0.25) is 0 Å². The lowest BCUT2D eigenvalue weighted by atomic mass is 9.89. The van der Waals surface area contributed by atoms with Crippen molar-refractivity contribution in [3.05, 3.63) is 35.9 Å². The number of hydrogen-bond donors (Lipinski definition) is 1. The van der Waals surface area contributed by atoms with Crippen LogP contribution < -0.4 is 0 Å². The molecule has 0 heterocycles. The van der Waals surface area contributed by atoms with Crippen molar-refractivity contribution in [3.8, 4) is 0 Å². The molecule has 1 aromatic rings. The van der Waals surface area contributed by atoms with E-state index in [0.29, 0.717) is 5.92 Å². The van der Waals surface area contributed by atoms with Gasteiger partial charge in [0.15, 0.2) is 0 Å². The molecule has 0 saturated heterocycles. The van der Waals surface area contributed by atoms with Gasteiger partial charge in [-0.2, -0.15) is 0 Å². The van der Waals surface area contributed by atoms with Gasteiger partial charge in [0.25, 0.3) is 0 Å². The van der Waals surface area contributed by atoms with Crippen molar-refractivity contribution in [2.45, 2.75) is 32.7 Å². The average Bonchev–Trinajstić information content (AvgIpc) is 2.38. The highest BCUT2D eigenvalue weighted by Gasteiger charge is 2.39. The predicted octanol–water partition coefficient (Wildman–Crippen LogP) is 2.96. The molecule has 2 unspecified atom stereocenters. The molecular weight excluding hydrogens is 226 g/mol. The summed E-state index contributed by atoms with van der Waals surface area (Å²) in [5.74, 6) is -0.322. The normalized spacial score (nSPS) is 16.3. The van der Waals surface area contributed by atoms with Crippen LogP contribution in [0, 0.1) is 5.92 Å². The second-order valence-electron chi connectivity index (χ2n) is 5.14. The minimum atomic E-state index is -0.968. The van der Waals surface area contributed by atoms with E-state index < -0.39 is 11.5 Å². The lowest BCUT2D eigenvalue weighted by Gasteiger charge is -2.37. The maximum Gasteiger partial charge on any atom is 0.328 e. The Bertz CT molecular complexity index is 391. The van der Waals surface area contributed by atoms with Crippen LogP contribution in [0.2, 0.25) is 0 Å². The minimum Gasteiger partial charge on any atom is -0.480 e. The molecule has 0 bridgehead atoms. The van der Waals surface area contributed by atoms with Gasteiger partial charge in [-0.05, 0) is 25.5 Å². The minimum absolute atomic E-state index is 0.484. The molecule has 3 heteroatoms. The van der Waals surface area contributed by atoms with Crippen molar-refractivity contribution >= 4 is 5.97 Å². The number of carboxylic acids is 1. The van der Waals surface area contributed by atoms with Gasteiger partial charge in [-0.3, -0.25) is 4.90 Å². The van der Waals surface area contributed by atoms with E-state index >= 15 is 0 Å². The fraction of sp³-hybridized carbons (Fsp3) is 0.533. The smallest absolute Gasteiger partial charge is 0.328 e. The Kier molecular flexibility index (Phi) is 4.91. The Balaban J connectivity index is 3.05. The molecule has 1 aromatic carbocycles. The van der Waals surface area contributed by atoms with Crippen LogP contribution in [0.25, 0.3) is 0 Å². The van der Waals surface area contributed by atoms with Crippen LogP contribution in [0.4, 0.5) is 0 Å². The quantitative estimate of drug-likeness (QED) is 0.842. The molecule has 100 valence electrons. The lowest BCUT2D eigenvalue weighted by molar-refractivity contribution is -0.150. The van der Waals surface area contributed by atoms with Gasteiger partial charge < -0.3 is 5.11 Å². The first-order chi connectivity index (χ1) is 8.42.